The number of ether oxygens (including phenoxy) is 1. The van der Waals surface area contributed by atoms with Crippen molar-refractivity contribution in [2.75, 3.05) is 5.32 Å². The van der Waals surface area contributed by atoms with Gasteiger partial charge in [0.1, 0.15) is 5.75 Å². The van der Waals surface area contributed by atoms with Gasteiger partial charge in [-0.05, 0) is 55.5 Å². The molecule has 28 heavy (non-hydrogen) atoms. The molecule has 3 aromatic rings. The van der Waals surface area contributed by atoms with Gasteiger partial charge in [-0.3, -0.25) is 9.59 Å². The lowest BCUT2D eigenvalue weighted by molar-refractivity contribution is -0.122. The van der Waals surface area contributed by atoms with E-state index in [0.29, 0.717) is 11.3 Å². The molecule has 1 atom stereocenters. The predicted molar refractivity (Wildman–Crippen MR) is 111 cm³/mol. The number of hydrogen-bond acceptors (Lipinski definition) is 4. The molecule has 5 nitrogen and oxygen atoms in total. The summed E-state index contributed by atoms with van der Waals surface area (Å²) >= 11 is 1.58. The van der Waals surface area contributed by atoms with Gasteiger partial charge in [-0.25, -0.2) is 0 Å². The number of hydrogen-bond donors (Lipinski definition) is 2. The lowest BCUT2D eigenvalue weighted by Crippen LogP contribution is -2.30. The quantitative estimate of drug-likeness (QED) is 0.627. The van der Waals surface area contributed by atoms with Crippen molar-refractivity contribution >= 4 is 29.3 Å². The van der Waals surface area contributed by atoms with E-state index < -0.39 is 12.0 Å². The highest BCUT2D eigenvalue weighted by Crippen LogP contribution is 2.33. The normalized spacial score (nSPS) is 11.5. The Bertz CT molecular complexity index is 959. The van der Waals surface area contributed by atoms with Gasteiger partial charge in [0.25, 0.3) is 5.91 Å². The predicted octanol–water partition coefficient (Wildman–Crippen LogP) is 4.34. The highest BCUT2D eigenvalue weighted by Gasteiger charge is 2.17. The fraction of sp³-hybridized carbons (Fsp3) is 0.0909. The van der Waals surface area contributed by atoms with E-state index in [4.69, 9.17) is 10.5 Å². The second-order valence-electron chi connectivity index (χ2n) is 6.05. The Balaban J connectivity index is 1.66. The zero-order valence-corrected chi connectivity index (χ0v) is 16.1. The Morgan fingerprint density at radius 2 is 1.57 bits per heavy atom. The van der Waals surface area contributed by atoms with Gasteiger partial charge in [0.15, 0.2) is 6.10 Å². The molecule has 0 bridgehead atoms. The SMILES string of the molecule is C[C@@H](Oc1ccc(C(N)=O)cc1)C(=O)Nc1ccccc1Sc1ccccc1. The number of benzene rings is 3. The van der Waals surface area contributed by atoms with Crippen LogP contribution in [0.15, 0.2) is 88.7 Å². The molecule has 0 aromatic heterocycles. The Morgan fingerprint density at radius 1 is 0.929 bits per heavy atom. The van der Waals surface area contributed by atoms with E-state index in [1.54, 1.807) is 43.0 Å². The zero-order chi connectivity index (χ0) is 19.9. The molecule has 3 N–H and O–H groups in total. The van der Waals surface area contributed by atoms with Crippen LogP contribution in [0.4, 0.5) is 5.69 Å². The second kappa shape index (κ2) is 9.10. The summed E-state index contributed by atoms with van der Waals surface area (Å²) in [5.41, 5.74) is 6.33. The molecule has 0 unspecified atom stereocenters. The Labute approximate surface area is 167 Å². The average Bonchev–Trinajstić information content (AvgIpc) is 2.70. The van der Waals surface area contributed by atoms with Crippen LogP contribution >= 0.6 is 11.8 Å². The smallest absolute Gasteiger partial charge is 0.265 e. The Morgan fingerprint density at radius 3 is 2.25 bits per heavy atom. The molecule has 3 rings (SSSR count). The van der Waals surface area contributed by atoms with E-state index in [1.807, 2.05) is 54.6 Å². The van der Waals surface area contributed by atoms with E-state index in [2.05, 4.69) is 5.32 Å². The molecular weight excluding hydrogens is 372 g/mol. The molecule has 0 heterocycles. The first-order chi connectivity index (χ1) is 13.5. The van der Waals surface area contributed by atoms with Crippen LogP contribution in [0.1, 0.15) is 17.3 Å². The van der Waals surface area contributed by atoms with Crippen LogP contribution in [0.2, 0.25) is 0 Å². The second-order valence-corrected chi connectivity index (χ2v) is 7.16. The third-order valence-electron chi connectivity index (χ3n) is 3.94. The van der Waals surface area contributed by atoms with Crippen LogP contribution in [-0.2, 0) is 4.79 Å². The van der Waals surface area contributed by atoms with Gasteiger partial charge in [0, 0.05) is 15.4 Å². The third kappa shape index (κ3) is 5.14. The number of nitrogens with two attached hydrogens (primary N) is 1. The molecule has 0 saturated carbocycles. The number of amides is 2. The van der Waals surface area contributed by atoms with Crippen molar-refractivity contribution in [3.8, 4) is 5.75 Å². The number of primary amides is 1. The number of para-hydroxylation sites is 1. The molecule has 0 aliphatic rings. The molecule has 0 aliphatic carbocycles. The van der Waals surface area contributed by atoms with Crippen LogP contribution in [-0.4, -0.2) is 17.9 Å². The maximum absolute atomic E-state index is 12.6. The van der Waals surface area contributed by atoms with Crippen molar-refractivity contribution in [1.82, 2.24) is 0 Å². The summed E-state index contributed by atoms with van der Waals surface area (Å²) < 4.78 is 5.67. The number of nitrogens with one attached hydrogen (secondary N) is 1. The van der Waals surface area contributed by atoms with Crippen LogP contribution in [0.25, 0.3) is 0 Å². The third-order valence-corrected chi connectivity index (χ3v) is 5.02. The average molecular weight is 392 g/mol. The van der Waals surface area contributed by atoms with Crippen molar-refractivity contribution < 1.29 is 14.3 Å². The summed E-state index contributed by atoms with van der Waals surface area (Å²) in [5, 5.41) is 2.92. The Hall–Kier alpha value is -3.25. The van der Waals surface area contributed by atoms with Gasteiger partial charge in [0.2, 0.25) is 5.91 Å². The first-order valence-corrected chi connectivity index (χ1v) is 9.54. The summed E-state index contributed by atoms with van der Waals surface area (Å²) in [6.07, 6.45) is -0.714. The fourth-order valence-electron chi connectivity index (χ4n) is 2.46. The molecule has 0 aliphatic heterocycles. The minimum atomic E-state index is -0.714. The maximum Gasteiger partial charge on any atom is 0.265 e. The van der Waals surface area contributed by atoms with Gasteiger partial charge in [-0.1, -0.05) is 42.1 Å². The lowest BCUT2D eigenvalue weighted by atomic mass is 10.2. The molecule has 2 amide bonds. The number of rotatable bonds is 7. The fourth-order valence-corrected chi connectivity index (χ4v) is 3.39. The van der Waals surface area contributed by atoms with Crippen molar-refractivity contribution in [2.45, 2.75) is 22.8 Å². The summed E-state index contributed by atoms with van der Waals surface area (Å²) in [4.78, 5) is 25.7. The monoisotopic (exact) mass is 392 g/mol. The summed E-state index contributed by atoms with van der Waals surface area (Å²) in [7, 11) is 0. The van der Waals surface area contributed by atoms with Crippen LogP contribution in [0.5, 0.6) is 5.75 Å². The van der Waals surface area contributed by atoms with E-state index in [0.717, 1.165) is 15.5 Å². The summed E-state index contributed by atoms with van der Waals surface area (Å²) in [6, 6.07) is 23.9. The van der Waals surface area contributed by atoms with E-state index in [1.165, 1.54) is 0 Å². The molecule has 0 radical (unpaired) electrons. The minimum absolute atomic E-state index is 0.264. The summed E-state index contributed by atoms with van der Waals surface area (Å²) in [5.74, 6) is -0.287. The summed E-state index contributed by atoms with van der Waals surface area (Å²) in [6.45, 7) is 1.67. The maximum atomic E-state index is 12.6. The number of anilines is 1. The van der Waals surface area contributed by atoms with Crippen molar-refractivity contribution in [1.29, 1.82) is 0 Å². The van der Waals surface area contributed by atoms with Crippen molar-refractivity contribution in [3.63, 3.8) is 0 Å². The van der Waals surface area contributed by atoms with Crippen LogP contribution in [0.3, 0.4) is 0 Å². The topological polar surface area (TPSA) is 81.4 Å². The lowest BCUT2D eigenvalue weighted by Gasteiger charge is -2.16. The first-order valence-electron chi connectivity index (χ1n) is 8.72. The first kappa shape index (κ1) is 19.5. The van der Waals surface area contributed by atoms with Crippen LogP contribution < -0.4 is 15.8 Å². The van der Waals surface area contributed by atoms with E-state index in [9.17, 15) is 9.59 Å². The molecule has 0 fully saturated rings. The van der Waals surface area contributed by atoms with E-state index in [-0.39, 0.29) is 5.91 Å². The highest BCUT2D eigenvalue weighted by molar-refractivity contribution is 7.99. The zero-order valence-electron chi connectivity index (χ0n) is 15.3. The molecule has 0 saturated heterocycles. The van der Waals surface area contributed by atoms with Gasteiger partial charge in [-0.15, -0.1) is 0 Å². The highest BCUT2D eigenvalue weighted by atomic mass is 32.2. The van der Waals surface area contributed by atoms with Gasteiger partial charge in [-0.2, -0.15) is 0 Å². The van der Waals surface area contributed by atoms with Gasteiger partial charge >= 0.3 is 0 Å². The minimum Gasteiger partial charge on any atom is -0.481 e. The molecular formula is C22H20N2O3S. The molecule has 3 aromatic carbocycles. The van der Waals surface area contributed by atoms with Crippen molar-refractivity contribution in [3.05, 3.63) is 84.4 Å². The van der Waals surface area contributed by atoms with E-state index >= 15 is 0 Å². The number of carbonyl (C=O) groups excluding carboxylic acids is 2. The van der Waals surface area contributed by atoms with Crippen LogP contribution in [0, 0.1) is 0 Å². The number of carbonyl (C=O) groups is 2. The van der Waals surface area contributed by atoms with Gasteiger partial charge in [0.05, 0.1) is 5.69 Å². The molecule has 6 heteroatoms. The van der Waals surface area contributed by atoms with Crippen molar-refractivity contribution in [2.24, 2.45) is 5.73 Å². The molecule has 142 valence electrons. The Kier molecular flexibility index (Phi) is 6.34. The standard InChI is InChI=1S/C22H20N2O3S/c1-15(27-17-13-11-16(12-14-17)21(23)25)22(26)24-19-9-5-6-10-20(19)28-18-7-3-2-4-8-18/h2-15H,1H3,(H2,23,25)(H,24,26)/t15-/m1/s1. The largest absolute Gasteiger partial charge is 0.481 e. The molecule has 0 spiro atoms. The van der Waals surface area contributed by atoms with Gasteiger partial charge < -0.3 is 15.8 Å².